The molecule has 0 bridgehead atoms. The lowest BCUT2D eigenvalue weighted by molar-refractivity contribution is 0.257. The highest BCUT2D eigenvalue weighted by Crippen LogP contribution is 2.04. The number of carbonyl (C=O) groups excluding carboxylic acids is 1. The monoisotopic (exact) mass is 188 g/mol. The smallest absolute Gasteiger partial charge is 0.244 e. The Balaban J connectivity index is 2.82. The lowest BCUT2D eigenvalue weighted by Crippen LogP contribution is -2.17. The molecule has 1 atom stereocenters. The van der Waals surface area contributed by atoms with Gasteiger partial charge in [0.15, 0.2) is 0 Å². The molecule has 0 N–H and O–H groups in total. The molecule has 0 aliphatic carbocycles. The van der Waals surface area contributed by atoms with E-state index < -0.39 is 6.03 Å². The molecule has 1 aliphatic rings. The SMILES string of the molecule is CC1=NC(=O)N=CC1Br. The van der Waals surface area contributed by atoms with E-state index in [1.807, 2.05) is 0 Å². The molecule has 0 radical (unpaired) electrons. The van der Waals surface area contributed by atoms with Gasteiger partial charge < -0.3 is 0 Å². The fourth-order valence-electron chi connectivity index (χ4n) is 0.478. The van der Waals surface area contributed by atoms with E-state index in [9.17, 15) is 4.79 Å². The molecule has 1 heterocycles. The highest BCUT2D eigenvalue weighted by molar-refractivity contribution is 9.10. The Morgan fingerprint density at radius 1 is 1.78 bits per heavy atom. The molecule has 0 aromatic heterocycles. The minimum absolute atomic E-state index is 0.0372. The zero-order valence-electron chi connectivity index (χ0n) is 4.84. The van der Waals surface area contributed by atoms with Gasteiger partial charge in [0, 0.05) is 11.9 Å². The van der Waals surface area contributed by atoms with Crippen LogP contribution in [-0.4, -0.2) is 22.8 Å². The summed E-state index contributed by atoms with van der Waals surface area (Å²) < 4.78 is 0. The first-order valence-corrected chi connectivity index (χ1v) is 3.39. The zero-order chi connectivity index (χ0) is 6.85. The van der Waals surface area contributed by atoms with Crippen LogP contribution >= 0.6 is 15.9 Å². The average molecular weight is 189 g/mol. The molecule has 0 spiro atoms. The van der Waals surface area contributed by atoms with Crippen LogP contribution in [0.15, 0.2) is 9.98 Å². The molecule has 0 saturated heterocycles. The van der Waals surface area contributed by atoms with Crippen molar-refractivity contribution >= 4 is 33.9 Å². The Kier molecular flexibility index (Phi) is 1.75. The van der Waals surface area contributed by atoms with Gasteiger partial charge in [0.2, 0.25) is 0 Å². The van der Waals surface area contributed by atoms with Crippen molar-refractivity contribution in [1.82, 2.24) is 0 Å². The highest BCUT2D eigenvalue weighted by atomic mass is 79.9. The van der Waals surface area contributed by atoms with E-state index in [1.165, 1.54) is 6.21 Å². The van der Waals surface area contributed by atoms with Crippen LogP contribution in [0.1, 0.15) is 6.92 Å². The molecule has 0 aromatic carbocycles. The summed E-state index contributed by atoms with van der Waals surface area (Å²) in [5.41, 5.74) is 0.759. The van der Waals surface area contributed by atoms with E-state index in [0.717, 1.165) is 5.71 Å². The maximum atomic E-state index is 10.4. The van der Waals surface area contributed by atoms with Gasteiger partial charge in [-0.05, 0) is 6.92 Å². The topological polar surface area (TPSA) is 41.8 Å². The third-order valence-electron chi connectivity index (χ3n) is 0.987. The Labute approximate surface area is 61.0 Å². The molecule has 48 valence electrons. The van der Waals surface area contributed by atoms with Gasteiger partial charge in [0.25, 0.3) is 0 Å². The first kappa shape index (κ1) is 6.61. The first-order chi connectivity index (χ1) is 4.20. The molecule has 1 unspecified atom stereocenters. The molecule has 1 aliphatic heterocycles. The highest BCUT2D eigenvalue weighted by Gasteiger charge is 2.11. The summed E-state index contributed by atoms with van der Waals surface area (Å²) in [7, 11) is 0. The molecule has 0 saturated carbocycles. The summed E-state index contributed by atoms with van der Waals surface area (Å²) in [5.74, 6) is 0. The minimum atomic E-state index is -0.414. The molecular weight excluding hydrogens is 184 g/mol. The van der Waals surface area contributed by atoms with E-state index >= 15 is 0 Å². The van der Waals surface area contributed by atoms with Crippen molar-refractivity contribution in [1.29, 1.82) is 0 Å². The Morgan fingerprint density at radius 3 is 2.89 bits per heavy atom. The third kappa shape index (κ3) is 1.45. The fraction of sp³-hybridized carbons (Fsp3) is 0.400. The number of urea groups is 1. The van der Waals surface area contributed by atoms with E-state index in [0.29, 0.717) is 0 Å². The maximum absolute atomic E-state index is 10.4. The number of halogens is 1. The van der Waals surface area contributed by atoms with Crippen molar-refractivity contribution < 1.29 is 4.79 Å². The van der Waals surface area contributed by atoms with Crippen LogP contribution in [0, 0.1) is 0 Å². The summed E-state index contributed by atoms with van der Waals surface area (Å²) in [6.07, 6.45) is 1.53. The van der Waals surface area contributed by atoms with Gasteiger partial charge in [-0.1, -0.05) is 15.9 Å². The third-order valence-corrected chi connectivity index (χ3v) is 1.89. The van der Waals surface area contributed by atoms with Gasteiger partial charge in [0.05, 0.1) is 4.83 Å². The largest absolute Gasteiger partial charge is 0.366 e. The van der Waals surface area contributed by atoms with Gasteiger partial charge in [-0.15, -0.1) is 0 Å². The summed E-state index contributed by atoms with van der Waals surface area (Å²) in [5, 5.41) is 0. The van der Waals surface area contributed by atoms with Crippen molar-refractivity contribution in [3.63, 3.8) is 0 Å². The van der Waals surface area contributed by atoms with Gasteiger partial charge in [-0.3, -0.25) is 0 Å². The Morgan fingerprint density at radius 2 is 2.44 bits per heavy atom. The molecular formula is C5H5BrN2O. The molecule has 4 heteroatoms. The summed E-state index contributed by atoms with van der Waals surface area (Å²) >= 11 is 3.25. The minimum Gasteiger partial charge on any atom is -0.244 e. The predicted octanol–water partition coefficient (Wildman–Crippen LogP) is 1.42. The molecule has 3 nitrogen and oxygen atoms in total. The number of nitrogens with zero attached hydrogens (tertiary/aromatic N) is 2. The number of amides is 2. The summed E-state index contributed by atoms with van der Waals surface area (Å²) in [6.45, 7) is 1.78. The van der Waals surface area contributed by atoms with Crippen LogP contribution in [0.5, 0.6) is 0 Å². The Bertz CT molecular complexity index is 197. The predicted molar refractivity (Wildman–Crippen MR) is 39.7 cm³/mol. The van der Waals surface area contributed by atoms with Crippen molar-refractivity contribution in [2.45, 2.75) is 11.8 Å². The zero-order valence-corrected chi connectivity index (χ0v) is 6.42. The van der Waals surface area contributed by atoms with Gasteiger partial charge in [-0.2, -0.15) is 4.99 Å². The molecule has 0 fully saturated rings. The van der Waals surface area contributed by atoms with E-state index in [-0.39, 0.29) is 4.83 Å². The first-order valence-electron chi connectivity index (χ1n) is 2.47. The second kappa shape index (κ2) is 2.39. The number of hydrogen-bond acceptors (Lipinski definition) is 1. The van der Waals surface area contributed by atoms with Crippen LogP contribution in [0.3, 0.4) is 0 Å². The van der Waals surface area contributed by atoms with Crippen molar-refractivity contribution in [3.8, 4) is 0 Å². The number of carbonyl (C=O) groups is 1. The van der Waals surface area contributed by atoms with Crippen molar-refractivity contribution in [2.75, 3.05) is 0 Å². The molecule has 2 amide bonds. The van der Waals surface area contributed by atoms with Gasteiger partial charge >= 0.3 is 6.03 Å². The van der Waals surface area contributed by atoms with Crippen molar-refractivity contribution in [2.24, 2.45) is 9.98 Å². The van der Waals surface area contributed by atoms with Crippen LogP contribution < -0.4 is 0 Å². The van der Waals surface area contributed by atoms with Crippen LogP contribution in [0.2, 0.25) is 0 Å². The number of hydrogen-bond donors (Lipinski definition) is 0. The fourth-order valence-corrected chi connectivity index (χ4v) is 0.699. The number of aliphatic imine (C=N–C) groups is 2. The van der Waals surface area contributed by atoms with E-state index in [1.54, 1.807) is 6.92 Å². The summed E-state index contributed by atoms with van der Waals surface area (Å²) in [4.78, 5) is 17.5. The number of alkyl halides is 1. The van der Waals surface area contributed by atoms with Crippen LogP contribution in [0.25, 0.3) is 0 Å². The van der Waals surface area contributed by atoms with Gasteiger partial charge in [0.1, 0.15) is 0 Å². The average Bonchev–Trinajstić information content (AvgIpc) is 1.80. The molecule has 0 aromatic rings. The summed E-state index contributed by atoms with van der Waals surface area (Å²) in [6, 6.07) is -0.414. The quantitative estimate of drug-likeness (QED) is 0.531. The van der Waals surface area contributed by atoms with Crippen LogP contribution in [-0.2, 0) is 0 Å². The lowest BCUT2D eigenvalue weighted by atomic mass is 10.3. The Hall–Kier alpha value is -0.510. The standard InChI is InChI=1S/C5H5BrN2O/c1-3-4(6)2-7-5(9)8-3/h2,4H,1H3. The maximum Gasteiger partial charge on any atom is 0.366 e. The van der Waals surface area contributed by atoms with Gasteiger partial charge in [-0.25, -0.2) is 9.79 Å². The lowest BCUT2D eigenvalue weighted by Gasteiger charge is -2.04. The normalized spacial score (nSPS) is 26.2. The second-order valence-electron chi connectivity index (χ2n) is 1.72. The second-order valence-corrected chi connectivity index (χ2v) is 2.70. The molecule has 9 heavy (non-hydrogen) atoms. The molecule has 1 rings (SSSR count). The van der Waals surface area contributed by atoms with E-state index in [4.69, 9.17) is 0 Å². The number of rotatable bonds is 0. The van der Waals surface area contributed by atoms with Crippen LogP contribution in [0.4, 0.5) is 4.79 Å². The van der Waals surface area contributed by atoms with E-state index in [2.05, 4.69) is 25.9 Å². The van der Waals surface area contributed by atoms with Crippen molar-refractivity contribution in [3.05, 3.63) is 0 Å².